The minimum Gasteiger partial charge on any atom is -0.493 e. The smallest absolute Gasteiger partial charge is 0.319 e. The summed E-state index contributed by atoms with van der Waals surface area (Å²) in [4.78, 5) is 16.5. The van der Waals surface area contributed by atoms with E-state index >= 15 is 0 Å². The Bertz CT molecular complexity index is 1050. The lowest BCUT2D eigenvalue weighted by Gasteiger charge is -2.15. The molecule has 0 fully saturated rings. The molecule has 2 amide bonds. The van der Waals surface area contributed by atoms with Crippen molar-refractivity contribution in [2.24, 2.45) is 0 Å². The second kappa shape index (κ2) is 9.51. The number of hydrogen-bond donors (Lipinski definition) is 2. The first kappa shape index (κ1) is 20.7. The van der Waals surface area contributed by atoms with Gasteiger partial charge in [-0.25, -0.2) is 4.79 Å². The lowest BCUT2D eigenvalue weighted by molar-refractivity contribution is 0.251. The molecule has 0 radical (unpaired) electrons. The van der Waals surface area contributed by atoms with Crippen LogP contribution in [0, 0.1) is 0 Å². The first-order valence-electron chi connectivity index (χ1n) is 10.5. The number of hydrogen-bond acceptors (Lipinski definition) is 5. The average Bonchev–Trinajstić information content (AvgIpc) is 3.18. The molecule has 2 N–H and O–H groups in total. The third-order valence-electron chi connectivity index (χ3n) is 5.47. The number of amides is 2. The number of ether oxygens (including phenoxy) is 2. The minimum absolute atomic E-state index is 0.304. The molecule has 1 aliphatic carbocycles. The number of urea groups is 1. The fourth-order valence-electron chi connectivity index (χ4n) is 4.02. The first-order valence-corrected chi connectivity index (χ1v) is 10.5. The molecule has 2 aromatic heterocycles. The molecule has 4 rings (SSSR count). The maximum atomic E-state index is 12.4. The number of benzene rings is 1. The molecular weight excluding hydrogens is 394 g/mol. The van der Waals surface area contributed by atoms with E-state index in [9.17, 15) is 4.79 Å². The number of pyridine rings is 1. The Morgan fingerprint density at radius 2 is 1.90 bits per heavy atom. The highest BCUT2D eigenvalue weighted by molar-refractivity contribution is 5.91. The normalized spacial score (nSPS) is 12.7. The maximum absolute atomic E-state index is 12.4. The van der Waals surface area contributed by atoms with Gasteiger partial charge in [-0.1, -0.05) is 6.07 Å². The summed E-state index contributed by atoms with van der Waals surface area (Å²) in [5.41, 5.74) is 5.26. The van der Waals surface area contributed by atoms with Gasteiger partial charge in [0.15, 0.2) is 11.5 Å². The van der Waals surface area contributed by atoms with Crippen LogP contribution >= 0.6 is 0 Å². The van der Waals surface area contributed by atoms with Gasteiger partial charge in [0.2, 0.25) is 0 Å². The Morgan fingerprint density at radius 1 is 1.10 bits per heavy atom. The maximum Gasteiger partial charge on any atom is 0.319 e. The van der Waals surface area contributed by atoms with Crippen molar-refractivity contribution < 1.29 is 14.3 Å². The molecule has 1 aromatic carbocycles. The summed E-state index contributed by atoms with van der Waals surface area (Å²) in [5.74, 6) is 1.05. The monoisotopic (exact) mass is 421 g/mol. The van der Waals surface area contributed by atoms with Crippen LogP contribution in [0.15, 0.2) is 42.7 Å². The number of aromatic nitrogens is 3. The zero-order valence-electron chi connectivity index (χ0n) is 17.9. The molecule has 8 heteroatoms. The number of carbonyl (C=O) groups is 1. The molecule has 2 heterocycles. The summed E-state index contributed by atoms with van der Waals surface area (Å²) in [6, 6.07) is 9.04. The van der Waals surface area contributed by atoms with E-state index in [1.165, 1.54) is 17.7 Å². The number of fused-ring (bicyclic) bond motifs is 1. The second-order valence-electron chi connectivity index (χ2n) is 7.36. The van der Waals surface area contributed by atoms with E-state index in [1.807, 2.05) is 16.8 Å². The molecular formula is C23H27N5O3. The molecule has 0 saturated carbocycles. The highest BCUT2D eigenvalue weighted by atomic mass is 16.5. The Kier molecular flexibility index (Phi) is 6.35. The van der Waals surface area contributed by atoms with Crippen LogP contribution in [0.25, 0.3) is 11.3 Å². The highest BCUT2D eigenvalue weighted by Crippen LogP contribution is 2.34. The standard InChI is InChI=1S/C23H27N5O3/c1-30-20-9-5-7-18(22(20)31-2)26-23(29)25-14-15-28-19-8-4-3-6-17(19)21(27-28)16-10-12-24-13-11-16/h5,7,9-13H,3-4,6,8,14-15H2,1-2H3,(H2,25,26,29). The van der Waals surface area contributed by atoms with Crippen LogP contribution < -0.4 is 20.1 Å². The van der Waals surface area contributed by atoms with E-state index in [2.05, 4.69) is 15.6 Å². The van der Waals surface area contributed by atoms with Crippen LogP contribution in [0.2, 0.25) is 0 Å². The summed E-state index contributed by atoms with van der Waals surface area (Å²) in [5, 5.41) is 10.6. The van der Waals surface area contributed by atoms with Crippen LogP contribution in [-0.2, 0) is 19.4 Å². The van der Waals surface area contributed by atoms with Crippen molar-refractivity contribution in [2.45, 2.75) is 32.2 Å². The number of anilines is 1. The van der Waals surface area contributed by atoms with Gasteiger partial charge in [0, 0.05) is 35.8 Å². The molecule has 0 bridgehead atoms. The Morgan fingerprint density at radius 3 is 2.68 bits per heavy atom. The zero-order valence-corrected chi connectivity index (χ0v) is 17.9. The second-order valence-corrected chi connectivity index (χ2v) is 7.36. The lowest BCUT2D eigenvalue weighted by Crippen LogP contribution is -2.32. The minimum atomic E-state index is -0.304. The molecule has 162 valence electrons. The molecule has 0 aliphatic heterocycles. The van der Waals surface area contributed by atoms with Crippen molar-refractivity contribution in [3.05, 3.63) is 54.0 Å². The largest absolute Gasteiger partial charge is 0.493 e. The number of nitrogens with one attached hydrogen (secondary N) is 2. The molecule has 0 saturated heterocycles. The van der Waals surface area contributed by atoms with Crippen molar-refractivity contribution in [1.82, 2.24) is 20.1 Å². The molecule has 0 spiro atoms. The lowest BCUT2D eigenvalue weighted by atomic mass is 9.94. The van der Waals surface area contributed by atoms with Gasteiger partial charge in [0.1, 0.15) is 0 Å². The van der Waals surface area contributed by atoms with Crippen molar-refractivity contribution in [3.8, 4) is 22.8 Å². The average molecular weight is 422 g/mol. The molecule has 8 nitrogen and oxygen atoms in total. The topological polar surface area (TPSA) is 90.3 Å². The van der Waals surface area contributed by atoms with Gasteiger partial charge in [0.05, 0.1) is 32.1 Å². The number of nitrogens with zero attached hydrogens (tertiary/aromatic N) is 3. The molecule has 0 atom stereocenters. The fraction of sp³-hybridized carbons (Fsp3) is 0.348. The van der Waals surface area contributed by atoms with Gasteiger partial charge in [-0.2, -0.15) is 5.10 Å². The quantitative estimate of drug-likeness (QED) is 0.608. The van der Waals surface area contributed by atoms with Crippen LogP contribution in [0.5, 0.6) is 11.5 Å². The van der Waals surface area contributed by atoms with E-state index < -0.39 is 0 Å². The predicted molar refractivity (Wildman–Crippen MR) is 119 cm³/mol. The van der Waals surface area contributed by atoms with E-state index in [1.54, 1.807) is 44.8 Å². The first-order chi connectivity index (χ1) is 15.2. The van der Waals surface area contributed by atoms with Gasteiger partial charge in [-0.3, -0.25) is 9.67 Å². The third-order valence-corrected chi connectivity index (χ3v) is 5.47. The fourth-order valence-corrected chi connectivity index (χ4v) is 4.02. The van der Waals surface area contributed by atoms with Crippen LogP contribution in [0.1, 0.15) is 24.1 Å². The predicted octanol–water partition coefficient (Wildman–Crippen LogP) is 3.66. The number of methoxy groups -OCH3 is 2. The van der Waals surface area contributed by atoms with Gasteiger partial charge < -0.3 is 20.1 Å². The summed E-state index contributed by atoms with van der Waals surface area (Å²) in [6.45, 7) is 1.07. The number of rotatable bonds is 7. The van der Waals surface area contributed by atoms with Gasteiger partial charge >= 0.3 is 6.03 Å². The Labute approximate surface area is 181 Å². The number of carbonyl (C=O) groups excluding carboxylic acids is 1. The van der Waals surface area contributed by atoms with Crippen molar-refractivity contribution in [2.75, 3.05) is 26.1 Å². The van der Waals surface area contributed by atoms with E-state index in [4.69, 9.17) is 14.6 Å². The van der Waals surface area contributed by atoms with E-state index in [-0.39, 0.29) is 6.03 Å². The molecule has 0 unspecified atom stereocenters. The number of para-hydroxylation sites is 1. The van der Waals surface area contributed by atoms with Crippen LogP contribution in [-0.4, -0.2) is 41.6 Å². The summed E-state index contributed by atoms with van der Waals surface area (Å²) in [6.07, 6.45) is 7.99. The molecule has 31 heavy (non-hydrogen) atoms. The summed E-state index contributed by atoms with van der Waals surface area (Å²) in [7, 11) is 3.11. The van der Waals surface area contributed by atoms with Crippen molar-refractivity contribution in [3.63, 3.8) is 0 Å². The van der Waals surface area contributed by atoms with Gasteiger partial charge in [-0.15, -0.1) is 0 Å². The Balaban J connectivity index is 1.42. The SMILES string of the molecule is COc1cccc(NC(=O)NCCn2nc(-c3ccncc3)c3c2CCCC3)c1OC. The summed E-state index contributed by atoms with van der Waals surface area (Å²) < 4.78 is 12.7. The summed E-state index contributed by atoms with van der Waals surface area (Å²) >= 11 is 0. The Hall–Kier alpha value is -3.55. The third kappa shape index (κ3) is 4.47. The zero-order chi connectivity index (χ0) is 21.6. The van der Waals surface area contributed by atoms with Crippen LogP contribution in [0.3, 0.4) is 0 Å². The van der Waals surface area contributed by atoms with Crippen molar-refractivity contribution >= 4 is 11.7 Å². The highest BCUT2D eigenvalue weighted by Gasteiger charge is 2.21. The molecule has 3 aromatic rings. The van der Waals surface area contributed by atoms with E-state index in [0.717, 1.165) is 30.5 Å². The van der Waals surface area contributed by atoms with Crippen LogP contribution in [0.4, 0.5) is 10.5 Å². The van der Waals surface area contributed by atoms with Gasteiger partial charge in [0.25, 0.3) is 0 Å². The molecule has 1 aliphatic rings. The van der Waals surface area contributed by atoms with E-state index in [0.29, 0.717) is 30.3 Å². The van der Waals surface area contributed by atoms with Crippen molar-refractivity contribution in [1.29, 1.82) is 0 Å². The van der Waals surface area contributed by atoms with Gasteiger partial charge in [-0.05, 0) is 49.9 Å².